The number of benzene rings is 2. The third kappa shape index (κ3) is 4.20. The number of anilines is 1. The van der Waals surface area contributed by atoms with E-state index in [0.717, 1.165) is 6.26 Å². The third-order valence-electron chi connectivity index (χ3n) is 2.67. The number of sulfone groups is 1. The molecular weight excluding hydrogens is 333 g/mol. The minimum absolute atomic E-state index is 0.186. The van der Waals surface area contributed by atoms with Crippen LogP contribution in [0.4, 0.5) is 5.69 Å². The molecule has 0 aliphatic rings. The van der Waals surface area contributed by atoms with Crippen molar-refractivity contribution < 1.29 is 13.2 Å². The van der Waals surface area contributed by atoms with Crippen molar-refractivity contribution in [3.63, 3.8) is 0 Å². The molecule has 4 nitrogen and oxygen atoms in total. The number of halogens is 2. The van der Waals surface area contributed by atoms with Gasteiger partial charge in [0.1, 0.15) is 0 Å². The number of hydrogen-bond donors (Lipinski definition) is 1. The van der Waals surface area contributed by atoms with Crippen molar-refractivity contribution in [3.05, 3.63) is 58.1 Å². The van der Waals surface area contributed by atoms with Crippen LogP contribution in [0.3, 0.4) is 0 Å². The Morgan fingerprint density at radius 3 is 2.00 bits per heavy atom. The fraction of sp³-hybridized carbons (Fsp3) is 0.0714. The molecule has 0 fully saturated rings. The predicted molar refractivity (Wildman–Crippen MR) is 84.0 cm³/mol. The van der Waals surface area contributed by atoms with Crippen LogP contribution in [-0.4, -0.2) is 20.6 Å². The van der Waals surface area contributed by atoms with Crippen LogP contribution in [-0.2, 0) is 9.84 Å². The maximum Gasteiger partial charge on any atom is 0.255 e. The van der Waals surface area contributed by atoms with Gasteiger partial charge in [-0.05, 0) is 42.5 Å². The highest BCUT2D eigenvalue weighted by molar-refractivity contribution is 7.90. The van der Waals surface area contributed by atoms with Crippen LogP contribution >= 0.6 is 23.2 Å². The predicted octanol–water partition coefficient (Wildman–Crippen LogP) is 3.65. The Morgan fingerprint density at radius 2 is 1.52 bits per heavy atom. The standard InChI is InChI=1S/C14H11Cl2NO3S/c1-21(19,20)13-4-2-12(3-5-13)17-14(18)9-6-10(15)8-11(16)7-9/h2-8H,1H3,(H,17,18). The van der Waals surface area contributed by atoms with Gasteiger partial charge in [0.25, 0.3) is 5.91 Å². The Kier molecular flexibility index (Phi) is 4.56. The molecule has 0 saturated carbocycles. The number of amides is 1. The molecule has 0 atom stereocenters. The smallest absolute Gasteiger partial charge is 0.255 e. The molecule has 1 N–H and O–H groups in total. The number of nitrogens with one attached hydrogen (secondary N) is 1. The molecule has 0 heterocycles. The van der Waals surface area contributed by atoms with Crippen molar-refractivity contribution in [3.8, 4) is 0 Å². The molecule has 0 bridgehead atoms. The average Bonchev–Trinajstić information content (AvgIpc) is 2.37. The molecule has 2 aromatic rings. The SMILES string of the molecule is CS(=O)(=O)c1ccc(NC(=O)c2cc(Cl)cc(Cl)c2)cc1. The van der Waals surface area contributed by atoms with Crippen molar-refractivity contribution in [2.75, 3.05) is 11.6 Å². The fourth-order valence-corrected chi connectivity index (χ4v) is 2.83. The van der Waals surface area contributed by atoms with Gasteiger partial charge in [-0.3, -0.25) is 4.79 Å². The first-order chi connectivity index (χ1) is 9.75. The Balaban J connectivity index is 2.20. The average molecular weight is 344 g/mol. The highest BCUT2D eigenvalue weighted by atomic mass is 35.5. The first-order valence-electron chi connectivity index (χ1n) is 5.83. The van der Waals surface area contributed by atoms with E-state index >= 15 is 0 Å². The van der Waals surface area contributed by atoms with Gasteiger partial charge in [0.2, 0.25) is 0 Å². The number of carbonyl (C=O) groups is 1. The molecule has 1 amide bonds. The van der Waals surface area contributed by atoms with Crippen LogP contribution in [0.2, 0.25) is 10.0 Å². The summed E-state index contributed by atoms with van der Waals surface area (Å²) >= 11 is 11.7. The Morgan fingerprint density at radius 1 is 1.00 bits per heavy atom. The second-order valence-electron chi connectivity index (χ2n) is 4.41. The molecule has 0 saturated heterocycles. The van der Waals surface area contributed by atoms with Gasteiger partial charge in [0.05, 0.1) is 4.90 Å². The van der Waals surface area contributed by atoms with Crippen LogP contribution in [0.15, 0.2) is 47.4 Å². The number of carbonyl (C=O) groups excluding carboxylic acids is 1. The lowest BCUT2D eigenvalue weighted by atomic mass is 10.2. The van der Waals surface area contributed by atoms with Crippen LogP contribution in [0.1, 0.15) is 10.4 Å². The molecule has 0 unspecified atom stereocenters. The molecule has 0 radical (unpaired) electrons. The first kappa shape index (κ1) is 15.8. The summed E-state index contributed by atoms with van der Waals surface area (Å²) in [6.07, 6.45) is 1.12. The van der Waals surface area contributed by atoms with Crippen LogP contribution in [0.5, 0.6) is 0 Å². The van der Waals surface area contributed by atoms with Gasteiger partial charge in [-0.1, -0.05) is 23.2 Å². The monoisotopic (exact) mass is 343 g/mol. The molecule has 110 valence electrons. The quantitative estimate of drug-likeness (QED) is 0.924. The summed E-state index contributed by atoms with van der Waals surface area (Å²) < 4.78 is 22.7. The van der Waals surface area contributed by atoms with Gasteiger partial charge in [-0.2, -0.15) is 0 Å². The van der Waals surface area contributed by atoms with E-state index in [1.54, 1.807) is 0 Å². The van der Waals surface area contributed by atoms with Crippen molar-refractivity contribution in [2.24, 2.45) is 0 Å². The molecule has 21 heavy (non-hydrogen) atoms. The largest absolute Gasteiger partial charge is 0.322 e. The van der Waals surface area contributed by atoms with Crippen LogP contribution < -0.4 is 5.32 Å². The molecule has 0 aliphatic carbocycles. The Labute approximate surface area is 132 Å². The second kappa shape index (κ2) is 6.05. The van der Waals surface area contributed by atoms with Gasteiger partial charge in [0.15, 0.2) is 9.84 Å². The summed E-state index contributed by atoms with van der Waals surface area (Å²) in [7, 11) is -3.26. The van der Waals surface area contributed by atoms with Crippen molar-refractivity contribution in [1.82, 2.24) is 0 Å². The van der Waals surface area contributed by atoms with Gasteiger partial charge in [-0.15, -0.1) is 0 Å². The second-order valence-corrected chi connectivity index (χ2v) is 7.30. The highest BCUT2D eigenvalue weighted by Gasteiger charge is 2.10. The molecular formula is C14H11Cl2NO3S. The minimum atomic E-state index is -3.26. The molecule has 0 aliphatic heterocycles. The molecule has 2 aromatic carbocycles. The maximum atomic E-state index is 12.1. The van der Waals surface area contributed by atoms with Crippen molar-refractivity contribution >= 4 is 44.6 Å². The zero-order valence-corrected chi connectivity index (χ0v) is 13.3. The number of hydrogen-bond acceptors (Lipinski definition) is 3. The lowest BCUT2D eigenvalue weighted by molar-refractivity contribution is 0.102. The lowest BCUT2D eigenvalue weighted by Crippen LogP contribution is -2.12. The van der Waals surface area contributed by atoms with E-state index in [1.807, 2.05) is 0 Å². The summed E-state index contributed by atoms with van der Waals surface area (Å²) in [4.78, 5) is 12.2. The van der Waals surface area contributed by atoms with E-state index in [2.05, 4.69) is 5.32 Å². The van der Waals surface area contributed by atoms with E-state index in [4.69, 9.17) is 23.2 Å². The summed E-state index contributed by atoms with van der Waals surface area (Å²) in [5, 5.41) is 3.36. The lowest BCUT2D eigenvalue weighted by Gasteiger charge is -2.07. The Bertz CT molecular complexity index is 766. The topological polar surface area (TPSA) is 63.2 Å². The summed E-state index contributed by atoms with van der Waals surface area (Å²) in [5.41, 5.74) is 0.795. The Hall–Kier alpha value is -1.56. The van der Waals surface area contributed by atoms with Gasteiger partial charge < -0.3 is 5.32 Å². The highest BCUT2D eigenvalue weighted by Crippen LogP contribution is 2.20. The van der Waals surface area contributed by atoms with Crippen molar-refractivity contribution in [2.45, 2.75) is 4.90 Å². The third-order valence-corrected chi connectivity index (χ3v) is 4.23. The summed E-state index contributed by atoms with van der Waals surface area (Å²) in [6.45, 7) is 0. The number of rotatable bonds is 3. The van der Waals surface area contributed by atoms with Crippen LogP contribution in [0.25, 0.3) is 0 Å². The zero-order chi connectivity index (χ0) is 15.6. The van der Waals surface area contributed by atoms with E-state index in [1.165, 1.54) is 42.5 Å². The van der Waals surface area contributed by atoms with Gasteiger partial charge >= 0.3 is 0 Å². The van der Waals surface area contributed by atoms with Crippen molar-refractivity contribution in [1.29, 1.82) is 0 Å². The van der Waals surface area contributed by atoms with Gasteiger partial charge in [-0.25, -0.2) is 8.42 Å². The van der Waals surface area contributed by atoms with Gasteiger partial charge in [0, 0.05) is 27.6 Å². The van der Waals surface area contributed by atoms with E-state index in [9.17, 15) is 13.2 Å². The zero-order valence-electron chi connectivity index (χ0n) is 10.9. The maximum absolute atomic E-state index is 12.1. The van der Waals surface area contributed by atoms with Crippen LogP contribution in [0, 0.1) is 0 Å². The molecule has 7 heteroatoms. The van der Waals surface area contributed by atoms with E-state index in [-0.39, 0.29) is 10.8 Å². The minimum Gasteiger partial charge on any atom is -0.322 e. The summed E-state index contributed by atoms with van der Waals surface area (Å²) in [5.74, 6) is -0.383. The summed E-state index contributed by atoms with van der Waals surface area (Å²) in [6, 6.07) is 10.4. The normalized spacial score (nSPS) is 11.2. The molecule has 0 spiro atoms. The van der Waals surface area contributed by atoms with E-state index < -0.39 is 9.84 Å². The van der Waals surface area contributed by atoms with E-state index in [0.29, 0.717) is 21.3 Å². The fourth-order valence-electron chi connectivity index (χ4n) is 1.67. The molecule has 2 rings (SSSR count). The molecule has 0 aromatic heterocycles. The first-order valence-corrected chi connectivity index (χ1v) is 8.48.